The zero-order chi connectivity index (χ0) is 19.7. The van der Waals surface area contributed by atoms with Crippen molar-refractivity contribution < 1.29 is 22.4 Å². The van der Waals surface area contributed by atoms with E-state index in [0.717, 1.165) is 25.0 Å². The van der Waals surface area contributed by atoms with Gasteiger partial charge in [-0.2, -0.15) is 13.2 Å². The van der Waals surface area contributed by atoms with Crippen molar-refractivity contribution >= 4 is 11.9 Å². The first-order valence-corrected chi connectivity index (χ1v) is 8.80. The Kier molecular flexibility index (Phi) is 5.30. The van der Waals surface area contributed by atoms with Crippen LogP contribution in [0.5, 0.6) is 0 Å². The molecule has 2 aliphatic heterocycles. The SMILES string of the molecule is CN=C(NCc1ccc(F)cc1C(F)(F)F)N1CCCC2(CNC(=O)C2)C1. The number of halogens is 4. The van der Waals surface area contributed by atoms with E-state index in [9.17, 15) is 22.4 Å². The maximum Gasteiger partial charge on any atom is 0.416 e. The van der Waals surface area contributed by atoms with Crippen molar-refractivity contribution in [3.05, 3.63) is 35.1 Å². The topological polar surface area (TPSA) is 56.7 Å². The van der Waals surface area contributed by atoms with Crippen LogP contribution in [0.2, 0.25) is 0 Å². The third-order valence-corrected chi connectivity index (χ3v) is 5.18. The predicted octanol–water partition coefficient (Wildman–Crippen LogP) is 2.52. The van der Waals surface area contributed by atoms with Gasteiger partial charge >= 0.3 is 6.18 Å². The van der Waals surface area contributed by atoms with Crippen LogP contribution in [0, 0.1) is 11.2 Å². The lowest BCUT2D eigenvalue weighted by Gasteiger charge is -2.40. The zero-order valence-electron chi connectivity index (χ0n) is 15.0. The Morgan fingerprint density at radius 1 is 1.41 bits per heavy atom. The van der Waals surface area contributed by atoms with Gasteiger partial charge in [-0.1, -0.05) is 6.07 Å². The van der Waals surface area contributed by atoms with Gasteiger partial charge < -0.3 is 15.5 Å². The molecule has 2 aliphatic rings. The molecular formula is C18H22F4N4O. The normalized spacial score (nSPS) is 23.7. The minimum atomic E-state index is -4.63. The molecule has 2 heterocycles. The highest BCUT2D eigenvalue weighted by atomic mass is 19.4. The number of carbonyl (C=O) groups is 1. The predicted molar refractivity (Wildman–Crippen MR) is 92.5 cm³/mol. The number of carbonyl (C=O) groups excluding carboxylic acids is 1. The molecule has 1 spiro atoms. The number of guanidine groups is 1. The van der Waals surface area contributed by atoms with Gasteiger partial charge in [-0.15, -0.1) is 0 Å². The fourth-order valence-corrected chi connectivity index (χ4v) is 3.90. The van der Waals surface area contributed by atoms with Crippen LogP contribution < -0.4 is 10.6 Å². The lowest BCUT2D eigenvalue weighted by molar-refractivity contribution is -0.138. The molecule has 1 unspecified atom stereocenters. The van der Waals surface area contributed by atoms with Crippen LogP contribution in [-0.4, -0.2) is 43.4 Å². The zero-order valence-corrected chi connectivity index (χ0v) is 15.0. The number of nitrogens with one attached hydrogen (secondary N) is 2. The quantitative estimate of drug-likeness (QED) is 0.467. The van der Waals surface area contributed by atoms with Crippen molar-refractivity contribution in [2.45, 2.75) is 32.0 Å². The van der Waals surface area contributed by atoms with Crippen molar-refractivity contribution in [2.24, 2.45) is 10.4 Å². The molecule has 0 radical (unpaired) electrons. The molecular weight excluding hydrogens is 364 g/mol. The molecule has 0 saturated carbocycles. The summed E-state index contributed by atoms with van der Waals surface area (Å²) >= 11 is 0. The molecule has 1 amide bonds. The number of alkyl halides is 3. The largest absolute Gasteiger partial charge is 0.416 e. The average molecular weight is 386 g/mol. The Labute approximate surface area is 154 Å². The molecule has 2 saturated heterocycles. The van der Waals surface area contributed by atoms with E-state index in [-0.39, 0.29) is 23.4 Å². The molecule has 3 rings (SSSR count). The molecule has 27 heavy (non-hydrogen) atoms. The van der Waals surface area contributed by atoms with E-state index in [0.29, 0.717) is 38.1 Å². The molecule has 1 atom stereocenters. The van der Waals surface area contributed by atoms with E-state index in [1.807, 2.05) is 4.90 Å². The van der Waals surface area contributed by atoms with E-state index in [4.69, 9.17) is 0 Å². The van der Waals surface area contributed by atoms with Gasteiger partial charge in [0.05, 0.1) is 5.56 Å². The number of piperidine rings is 1. The molecule has 148 valence electrons. The summed E-state index contributed by atoms with van der Waals surface area (Å²) in [7, 11) is 1.57. The van der Waals surface area contributed by atoms with Crippen LogP contribution in [0.25, 0.3) is 0 Å². The Bertz CT molecular complexity index is 749. The van der Waals surface area contributed by atoms with Gasteiger partial charge in [0.25, 0.3) is 0 Å². The van der Waals surface area contributed by atoms with Crippen LogP contribution in [0.4, 0.5) is 17.6 Å². The van der Waals surface area contributed by atoms with Crippen LogP contribution in [0.1, 0.15) is 30.4 Å². The minimum Gasteiger partial charge on any atom is -0.355 e. The number of rotatable bonds is 2. The Morgan fingerprint density at radius 2 is 2.19 bits per heavy atom. The van der Waals surface area contributed by atoms with E-state index in [1.165, 1.54) is 0 Å². The second kappa shape index (κ2) is 7.36. The van der Waals surface area contributed by atoms with E-state index >= 15 is 0 Å². The van der Waals surface area contributed by atoms with Gasteiger partial charge in [-0.05, 0) is 30.5 Å². The van der Waals surface area contributed by atoms with Crippen LogP contribution >= 0.6 is 0 Å². The molecule has 5 nitrogen and oxygen atoms in total. The van der Waals surface area contributed by atoms with Crippen molar-refractivity contribution in [2.75, 3.05) is 26.7 Å². The van der Waals surface area contributed by atoms with E-state index in [2.05, 4.69) is 15.6 Å². The summed E-state index contributed by atoms with van der Waals surface area (Å²) in [5.74, 6) is -0.418. The summed E-state index contributed by atoms with van der Waals surface area (Å²) in [5, 5.41) is 5.81. The Hall–Kier alpha value is -2.32. The first kappa shape index (κ1) is 19.4. The summed E-state index contributed by atoms with van der Waals surface area (Å²) in [6, 6.07) is 2.65. The highest BCUT2D eigenvalue weighted by Gasteiger charge is 2.42. The summed E-state index contributed by atoms with van der Waals surface area (Å²) in [6.07, 6.45) is -2.38. The maximum atomic E-state index is 13.2. The van der Waals surface area contributed by atoms with Crippen molar-refractivity contribution in [1.29, 1.82) is 0 Å². The van der Waals surface area contributed by atoms with E-state index in [1.54, 1.807) is 7.05 Å². The average Bonchev–Trinajstić information content (AvgIpc) is 2.95. The van der Waals surface area contributed by atoms with Crippen molar-refractivity contribution in [1.82, 2.24) is 15.5 Å². The van der Waals surface area contributed by atoms with Crippen LogP contribution in [0.15, 0.2) is 23.2 Å². The number of hydrogen-bond acceptors (Lipinski definition) is 2. The standard InChI is InChI=1S/C18H22F4N4O/c1-23-16(26-6-2-5-17(11-26)8-15(27)25-10-17)24-9-12-3-4-13(19)7-14(12)18(20,21)22/h3-4,7H,2,5-6,8-11H2,1H3,(H,23,24)(H,25,27). The number of aliphatic imine (C=N–C) groups is 1. The third kappa shape index (κ3) is 4.33. The summed E-state index contributed by atoms with van der Waals surface area (Å²) in [4.78, 5) is 17.8. The molecule has 2 fully saturated rings. The number of amides is 1. The van der Waals surface area contributed by atoms with Crippen LogP contribution in [0.3, 0.4) is 0 Å². The highest BCUT2D eigenvalue weighted by molar-refractivity contribution is 5.81. The van der Waals surface area contributed by atoms with Gasteiger partial charge in [0.2, 0.25) is 5.91 Å². The minimum absolute atomic E-state index is 0.0286. The molecule has 1 aromatic carbocycles. The molecule has 0 aromatic heterocycles. The van der Waals surface area contributed by atoms with Gasteiger partial charge in [0.1, 0.15) is 5.82 Å². The fourth-order valence-electron chi connectivity index (χ4n) is 3.90. The Balaban J connectivity index is 1.71. The first-order chi connectivity index (χ1) is 12.7. The van der Waals surface area contributed by atoms with Gasteiger partial charge in [-0.25, -0.2) is 4.39 Å². The van der Waals surface area contributed by atoms with Crippen molar-refractivity contribution in [3.63, 3.8) is 0 Å². The maximum absolute atomic E-state index is 13.2. The summed E-state index contributed by atoms with van der Waals surface area (Å²) < 4.78 is 52.7. The van der Waals surface area contributed by atoms with E-state index < -0.39 is 17.6 Å². The Morgan fingerprint density at radius 3 is 2.81 bits per heavy atom. The molecule has 2 N–H and O–H groups in total. The highest BCUT2D eigenvalue weighted by Crippen LogP contribution is 2.36. The second-order valence-electron chi connectivity index (χ2n) is 7.18. The first-order valence-electron chi connectivity index (χ1n) is 8.80. The number of benzene rings is 1. The monoisotopic (exact) mass is 386 g/mol. The lowest BCUT2D eigenvalue weighted by Crippen LogP contribution is -2.51. The molecule has 0 bridgehead atoms. The lowest BCUT2D eigenvalue weighted by atomic mass is 9.79. The fraction of sp³-hybridized carbons (Fsp3) is 0.556. The second-order valence-corrected chi connectivity index (χ2v) is 7.18. The third-order valence-electron chi connectivity index (χ3n) is 5.18. The molecule has 0 aliphatic carbocycles. The van der Waals surface area contributed by atoms with Gasteiger partial charge in [-0.3, -0.25) is 9.79 Å². The molecule has 1 aromatic rings. The summed E-state index contributed by atoms with van der Waals surface area (Å²) in [5.41, 5.74) is -1.19. The van der Waals surface area contributed by atoms with Crippen molar-refractivity contribution in [3.8, 4) is 0 Å². The van der Waals surface area contributed by atoms with Crippen LogP contribution in [-0.2, 0) is 17.5 Å². The smallest absolute Gasteiger partial charge is 0.355 e. The van der Waals surface area contributed by atoms with Gasteiger partial charge in [0.15, 0.2) is 5.96 Å². The number of nitrogens with zero attached hydrogens (tertiary/aromatic N) is 2. The van der Waals surface area contributed by atoms with Gasteiger partial charge in [0, 0.05) is 45.1 Å². The summed E-state index contributed by atoms with van der Waals surface area (Å²) in [6.45, 7) is 1.81. The number of hydrogen-bond donors (Lipinski definition) is 2. The number of likely N-dealkylation sites (tertiary alicyclic amines) is 1. The molecule has 9 heteroatoms.